The minimum absolute atomic E-state index is 0.0395. The zero-order valence-corrected chi connectivity index (χ0v) is 26.8. The molecule has 1 heterocycles. The molecule has 0 radical (unpaired) electrons. The number of rotatable bonds is 6. The summed E-state index contributed by atoms with van der Waals surface area (Å²) >= 11 is 19.6. The molecule has 1 N–H and O–H groups in total. The molecule has 3 aliphatic rings. The number of allylic oxidation sites excluding steroid dienone is 4. The SMILES string of the molecule is CCN1C2=C(C(=O)CC(C)(C)C2)C(c2cc(Cl)c(OCC(=O)Nc3ccccc3Cl)c(Cl)c2)C2=C1CC(C)(C)CC2=O. The second kappa shape index (κ2) is 11.4. The van der Waals surface area contributed by atoms with Gasteiger partial charge in [0.2, 0.25) is 0 Å². The second-order valence-electron chi connectivity index (χ2n) is 12.9. The number of nitrogens with one attached hydrogen (secondary N) is 1. The third kappa shape index (κ3) is 5.86. The Bertz CT molecular complexity index is 1480. The Labute approximate surface area is 262 Å². The van der Waals surface area contributed by atoms with E-state index in [1.807, 2.05) is 0 Å². The van der Waals surface area contributed by atoms with Gasteiger partial charge >= 0.3 is 0 Å². The summed E-state index contributed by atoms with van der Waals surface area (Å²) in [5.74, 6) is -0.771. The monoisotopic (exact) mass is 628 g/mol. The van der Waals surface area contributed by atoms with Crippen molar-refractivity contribution in [3.63, 3.8) is 0 Å². The van der Waals surface area contributed by atoms with Crippen molar-refractivity contribution < 1.29 is 19.1 Å². The fourth-order valence-corrected chi connectivity index (χ4v) is 7.33. The molecule has 6 nitrogen and oxygen atoms in total. The Kier molecular flexibility index (Phi) is 8.29. The Morgan fingerprint density at radius 1 is 0.881 bits per heavy atom. The van der Waals surface area contributed by atoms with Crippen molar-refractivity contribution in [1.29, 1.82) is 0 Å². The number of nitrogens with zero attached hydrogens (tertiary/aromatic N) is 1. The number of ether oxygens (including phenoxy) is 1. The van der Waals surface area contributed by atoms with Gasteiger partial charge in [0.25, 0.3) is 5.91 Å². The predicted octanol–water partition coefficient (Wildman–Crippen LogP) is 8.37. The average molecular weight is 630 g/mol. The van der Waals surface area contributed by atoms with Crippen molar-refractivity contribution in [2.24, 2.45) is 10.8 Å². The number of ketones is 2. The van der Waals surface area contributed by atoms with Crippen LogP contribution in [0.3, 0.4) is 0 Å². The highest BCUT2D eigenvalue weighted by atomic mass is 35.5. The van der Waals surface area contributed by atoms with Gasteiger partial charge in [-0.15, -0.1) is 0 Å². The Hall–Kier alpha value is -2.80. The third-order valence-corrected chi connectivity index (χ3v) is 9.08. The molecule has 1 aliphatic heterocycles. The number of hydrogen-bond acceptors (Lipinski definition) is 5. The molecule has 0 aromatic heterocycles. The molecule has 2 aromatic rings. The number of hydrogen-bond donors (Lipinski definition) is 1. The van der Waals surface area contributed by atoms with Crippen LogP contribution in [-0.4, -0.2) is 35.5 Å². The van der Waals surface area contributed by atoms with Crippen molar-refractivity contribution in [2.45, 2.75) is 66.2 Å². The molecule has 0 atom stereocenters. The van der Waals surface area contributed by atoms with Crippen LogP contribution in [0.5, 0.6) is 5.75 Å². The van der Waals surface area contributed by atoms with Crippen LogP contribution in [-0.2, 0) is 14.4 Å². The number of halogens is 3. The first-order valence-corrected chi connectivity index (χ1v) is 15.3. The van der Waals surface area contributed by atoms with Crippen LogP contribution < -0.4 is 10.1 Å². The van der Waals surface area contributed by atoms with Gasteiger partial charge in [-0.2, -0.15) is 0 Å². The van der Waals surface area contributed by atoms with E-state index in [1.165, 1.54) is 0 Å². The number of carbonyl (C=O) groups excluding carboxylic acids is 3. The number of anilines is 1. The summed E-state index contributed by atoms with van der Waals surface area (Å²) in [4.78, 5) is 42.4. The predicted molar refractivity (Wildman–Crippen MR) is 167 cm³/mol. The molecule has 1 amide bonds. The van der Waals surface area contributed by atoms with Crippen LogP contribution in [0.25, 0.3) is 0 Å². The summed E-state index contributed by atoms with van der Waals surface area (Å²) < 4.78 is 5.74. The zero-order chi connectivity index (χ0) is 30.6. The second-order valence-corrected chi connectivity index (χ2v) is 14.1. The van der Waals surface area contributed by atoms with Crippen LogP contribution in [0.15, 0.2) is 58.9 Å². The maximum atomic E-state index is 13.8. The topological polar surface area (TPSA) is 75.7 Å². The van der Waals surface area contributed by atoms with Gasteiger partial charge in [0.05, 0.1) is 20.8 Å². The van der Waals surface area contributed by atoms with E-state index < -0.39 is 11.8 Å². The maximum Gasteiger partial charge on any atom is 0.262 e. The van der Waals surface area contributed by atoms with Crippen LogP contribution >= 0.6 is 34.8 Å². The average Bonchev–Trinajstić information content (AvgIpc) is 2.87. The van der Waals surface area contributed by atoms with Crippen LogP contribution in [0.2, 0.25) is 15.1 Å². The first-order chi connectivity index (χ1) is 19.7. The first-order valence-electron chi connectivity index (χ1n) is 14.2. The molecule has 0 bridgehead atoms. The van der Waals surface area contributed by atoms with Crippen LogP contribution in [0, 0.1) is 10.8 Å². The van der Waals surface area contributed by atoms with E-state index >= 15 is 0 Å². The van der Waals surface area contributed by atoms with Crippen molar-refractivity contribution in [3.8, 4) is 5.75 Å². The summed E-state index contributed by atoms with van der Waals surface area (Å²) in [6, 6.07) is 10.3. The fraction of sp³-hybridized carbons (Fsp3) is 0.424. The molecule has 0 saturated heterocycles. The Morgan fingerprint density at radius 2 is 1.40 bits per heavy atom. The summed E-state index contributed by atoms with van der Waals surface area (Å²) in [5.41, 5.74) is 4.01. The molecular weight excluding hydrogens is 595 g/mol. The molecule has 5 rings (SSSR count). The molecule has 42 heavy (non-hydrogen) atoms. The number of carbonyl (C=O) groups is 3. The smallest absolute Gasteiger partial charge is 0.262 e. The van der Waals surface area contributed by atoms with Crippen molar-refractivity contribution >= 4 is 58.0 Å². The van der Waals surface area contributed by atoms with Gasteiger partial charge in [-0.05, 0) is 60.4 Å². The van der Waals surface area contributed by atoms with E-state index in [4.69, 9.17) is 39.5 Å². The van der Waals surface area contributed by atoms with Gasteiger partial charge in [-0.3, -0.25) is 14.4 Å². The van der Waals surface area contributed by atoms with Crippen molar-refractivity contribution in [1.82, 2.24) is 4.90 Å². The molecule has 2 aromatic carbocycles. The lowest BCUT2D eigenvalue weighted by molar-refractivity contribution is -0.120. The minimum Gasteiger partial charge on any atom is -0.481 e. The van der Waals surface area contributed by atoms with E-state index in [-0.39, 0.29) is 44.8 Å². The third-order valence-electron chi connectivity index (χ3n) is 8.19. The molecule has 0 spiro atoms. The quantitative estimate of drug-likeness (QED) is 0.347. The molecule has 222 valence electrons. The molecule has 0 saturated carbocycles. The first kappa shape index (κ1) is 30.7. The molecule has 9 heteroatoms. The lowest BCUT2D eigenvalue weighted by Gasteiger charge is -2.49. The van der Waals surface area contributed by atoms with Crippen molar-refractivity contribution in [3.05, 3.63) is 79.6 Å². The van der Waals surface area contributed by atoms with E-state index in [1.54, 1.807) is 36.4 Å². The van der Waals surface area contributed by atoms with Gasteiger partial charge in [-0.25, -0.2) is 0 Å². The largest absolute Gasteiger partial charge is 0.481 e. The van der Waals surface area contributed by atoms with Gasteiger partial charge in [0.15, 0.2) is 23.9 Å². The zero-order valence-electron chi connectivity index (χ0n) is 24.5. The van der Waals surface area contributed by atoms with E-state index in [0.717, 1.165) is 24.2 Å². The number of benzene rings is 2. The highest BCUT2D eigenvalue weighted by Crippen LogP contribution is 2.55. The molecule has 2 aliphatic carbocycles. The maximum absolute atomic E-state index is 13.8. The molecular formula is C33H35Cl3N2O4. The van der Waals surface area contributed by atoms with Crippen LogP contribution in [0.1, 0.15) is 71.8 Å². The van der Waals surface area contributed by atoms with Gasteiger partial charge in [0.1, 0.15) is 0 Å². The Morgan fingerprint density at radius 3 is 1.90 bits per heavy atom. The number of para-hydroxylation sites is 1. The Balaban J connectivity index is 1.53. The molecule has 0 fully saturated rings. The van der Waals surface area contributed by atoms with Gasteiger partial charge < -0.3 is 15.0 Å². The van der Waals surface area contributed by atoms with E-state index in [9.17, 15) is 14.4 Å². The minimum atomic E-state index is -0.572. The lowest BCUT2D eigenvalue weighted by Crippen LogP contribution is -2.44. The molecule has 0 unspecified atom stereocenters. The fourth-order valence-electron chi connectivity index (χ4n) is 6.53. The highest BCUT2D eigenvalue weighted by Gasteiger charge is 2.48. The lowest BCUT2D eigenvalue weighted by atomic mass is 9.63. The number of amides is 1. The van der Waals surface area contributed by atoms with Gasteiger partial charge in [-0.1, -0.05) is 74.6 Å². The van der Waals surface area contributed by atoms with E-state index in [0.29, 0.717) is 46.8 Å². The van der Waals surface area contributed by atoms with Crippen LogP contribution in [0.4, 0.5) is 5.69 Å². The summed E-state index contributed by atoms with van der Waals surface area (Å²) in [7, 11) is 0. The van der Waals surface area contributed by atoms with Gasteiger partial charge in [0, 0.05) is 47.8 Å². The summed E-state index contributed by atoms with van der Waals surface area (Å²) in [6.45, 7) is 10.8. The normalized spacial score (nSPS) is 20.0. The highest BCUT2D eigenvalue weighted by molar-refractivity contribution is 6.37. The number of Topliss-reactive ketones (excluding diaryl/α,β-unsaturated/α-hetero) is 2. The summed E-state index contributed by atoms with van der Waals surface area (Å²) in [6.07, 6.45) is 2.25. The van der Waals surface area contributed by atoms with Crippen molar-refractivity contribution in [2.75, 3.05) is 18.5 Å². The standard InChI is InChI=1S/C33H35Cl3N2O4/c1-6-38-23-13-32(2,3)15-25(39)29(23)28(30-24(38)14-33(4,5)16-26(30)40)18-11-20(35)31(21(36)12-18)42-17-27(41)37-22-10-8-7-9-19(22)34/h7-12,28H,6,13-17H2,1-5H3,(H,37,41). The van der Waals surface area contributed by atoms with E-state index in [2.05, 4.69) is 44.8 Å². The summed E-state index contributed by atoms with van der Waals surface area (Å²) in [5, 5.41) is 3.49.